The Bertz CT molecular complexity index is 381. The van der Waals surface area contributed by atoms with Crippen molar-refractivity contribution in [3.63, 3.8) is 0 Å². The molecule has 5 N–H and O–H groups in total. The number of ether oxygens (including phenoxy) is 2. The van der Waals surface area contributed by atoms with Crippen LogP contribution in [0.5, 0.6) is 0 Å². The second kappa shape index (κ2) is 13.6. The maximum atomic E-state index is 10.2. The van der Waals surface area contributed by atoms with E-state index in [1.165, 1.54) is 12.2 Å². The van der Waals surface area contributed by atoms with E-state index in [0.717, 1.165) is 12.2 Å². The van der Waals surface area contributed by atoms with Crippen LogP contribution in [-0.4, -0.2) is 82.2 Å². The molecule has 9 heteroatoms. The highest BCUT2D eigenvalue weighted by molar-refractivity contribution is 5.79. The van der Waals surface area contributed by atoms with Gasteiger partial charge >= 0.3 is 11.9 Å². The third-order valence-corrected chi connectivity index (χ3v) is 2.58. The molecule has 0 aliphatic carbocycles. The van der Waals surface area contributed by atoms with Crippen LogP contribution in [0.25, 0.3) is 0 Å². The Morgan fingerprint density at radius 2 is 1.04 bits per heavy atom. The van der Waals surface area contributed by atoms with Crippen molar-refractivity contribution in [3.05, 3.63) is 24.3 Å². The van der Waals surface area contributed by atoms with E-state index < -0.39 is 30.3 Å². The zero-order valence-electron chi connectivity index (χ0n) is 13.2. The predicted octanol–water partition coefficient (Wildman–Crippen LogP) is -0.836. The highest BCUT2D eigenvalue weighted by Crippen LogP contribution is 1.98. The molecular formula is C15H24O9. The fraction of sp³-hybridized carbons (Fsp3) is 0.600. The lowest BCUT2D eigenvalue weighted by molar-refractivity contribution is -0.132. The summed E-state index contributed by atoms with van der Waals surface area (Å²) >= 11 is 0. The Morgan fingerprint density at radius 1 is 0.708 bits per heavy atom. The molecule has 0 aliphatic heterocycles. The average Bonchev–Trinajstić information content (AvgIpc) is 2.46. The van der Waals surface area contributed by atoms with Gasteiger partial charge in [-0.2, -0.15) is 0 Å². The minimum absolute atomic E-state index is 0.0658. The van der Waals surface area contributed by atoms with E-state index in [1.807, 2.05) is 0 Å². The molecule has 0 amide bonds. The Balaban J connectivity index is 3.67. The van der Waals surface area contributed by atoms with Gasteiger partial charge in [0.2, 0.25) is 0 Å². The first-order valence-corrected chi connectivity index (χ1v) is 7.29. The molecule has 0 saturated carbocycles. The maximum absolute atomic E-state index is 10.2. The van der Waals surface area contributed by atoms with Gasteiger partial charge in [0.15, 0.2) is 0 Å². The maximum Gasteiger partial charge on any atom is 0.327 e. The third kappa shape index (κ3) is 15.1. The summed E-state index contributed by atoms with van der Waals surface area (Å²) in [6.07, 6.45) is 1.98. The second-order valence-electron chi connectivity index (χ2n) is 4.99. The summed E-state index contributed by atoms with van der Waals surface area (Å²) in [5.41, 5.74) is 0. The zero-order chi connectivity index (χ0) is 18.4. The number of hydrogen-bond donors (Lipinski definition) is 5. The SMILES string of the molecule is O=C(O)/C=C/CC(O)COCC(O)COCC(O)C/C=C/C(=O)O. The van der Waals surface area contributed by atoms with Crippen molar-refractivity contribution in [1.82, 2.24) is 0 Å². The Hall–Kier alpha value is -1.78. The van der Waals surface area contributed by atoms with Crippen LogP contribution >= 0.6 is 0 Å². The van der Waals surface area contributed by atoms with Crippen molar-refractivity contribution in [2.24, 2.45) is 0 Å². The highest BCUT2D eigenvalue weighted by atomic mass is 16.5. The summed E-state index contributed by atoms with van der Waals surface area (Å²) in [7, 11) is 0. The van der Waals surface area contributed by atoms with Gasteiger partial charge in [-0.1, -0.05) is 12.2 Å². The molecule has 0 aromatic rings. The van der Waals surface area contributed by atoms with E-state index in [1.54, 1.807) is 0 Å². The monoisotopic (exact) mass is 348 g/mol. The first-order chi connectivity index (χ1) is 11.3. The van der Waals surface area contributed by atoms with Crippen LogP contribution in [0.15, 0.2) is 24.3 Å². The lowest BCUT2D eigenvalue weighted by Gasteiger charge is -2.15. The van der Waals surface area contributed by atoms with Crippen LogP contribution < -0.4 is 0 Å². The van der Waals surface area contributed by atoms with E-state index in [9.17, 15) is 24.9 Å². The van der Waals surface area contributed by atoms with Gasteiger partial charge in [0.25, 0.3) is 0 Å². The quantitative estimate of drug-likeness (QED) is 0.253. The van der Waals surface area contributed by atoms with Gasteiger partial charge in [0, 0.05) is 12.2 Å². The van der Waals surface area contributed by atoms with Gasteiger partial charge in [-0.3, -0.25) is 0 Å². The molecule has 0 aromatic heterocycles. The number of aliphatic carboxylic acids is 2. The van der Waals surface area contributed by atoms with E-state index in [2.05, 4.69) is 0 Å². The van der Waals surface area contributed by atoms with E-state index >= 15 is 0 Å². The molecule has 0 saturated heterocycles. The fourth-order valence-electron chi connectivity index (χ4n) is 1.52. The minimum Gasteiger partial charge on any atom is -0.478 e. The van der Waals surface area contributed by atoms with Crippen LogP contribution in [0.4, 0.5) is 0 Å². The van der Waals surface area contributed by atoms with Crippen molar-refractivity contribution in [2.75, 3.05) is 26.4 Å². The van der Waals surface area contributed by atoms with Gasteiger partial charge in [0.05, 0.1) is 38.6 Å². The number of carboxylic acids is 2. The summed E-state index contributed by atoms with van der Waals surface area (Å²) in [4.78, 5) is 20.5. The molecule has 0 bridgehead atoms. The third-order valence-electron chi connectivity index (χ3n) is 2.58. The van der Waals surface area contributed by atoms with Crippen molar-refractivity contribution in [1.29, 1.82) is 0 Å². The van der Waals surface area contributed by atoms with Crippen LogP contribution in [0.3, 0.4) is 0 Å². The molecule has 0 fully saturated rings. The molecule has 2 atom stereocenters. The molecule has 0 aliphatic rings. The number of aliphatic hydroxyl groups excluding tert-OH is 3. The molecule has 0 heterocycles. The molecule has 0 spiro atoms. The molecule has 0 aromatic carbocycles. The van der Waals surface area contributed by atoms with Gasteiger partial charge in [-0.15, -0.1) is 0 Å². The number of rotatable bonds is 14. The average molecular weight is 348 g/mol. The van der Waals surface area contributed by atoms with Crippen LogP contribution in [0.2, 0.25) is 0 Å². The van der Waals surface area contributed by atoms with Gasteiger partial charge in [0.1, 0.15) is 6.10 Å². The van der Waals surface area contributed by atoms with Crippen molar-refractivity contribution in [3.8, 4) is 0 Å². The van der Waals surface area contributed by atoms with Crippen LogP contribution in [0, 0.1) is 0 Å². The molecular weight excluding hydrogens is 324 g/mol. The summed E-state index contributed by atoms with van der Waals surface area (Å²) in [5, 5.41) is 45.3. The molecule has 2 unspecified atom stereocenters. The van der Waals surface area contributed by atoms with Crippen molar-refractivity contribution < 1.29 is 44.6 Å². The number of carbonyl (C=O) groups is 2. The zero-order valence-corrected chi connectivity index (χ0v) is 13.2. The van der Waals surface area contributed by atoms with E-state index in [4.69, 9.17) is 19.7 Å². The molecule has 0 radical (unpaired) electrons. The smallest absolute Gasteiger partial charge is 0.327 e. The summed E-state index contributed by atoms with van der Waals surface area (Å²) in [5.74, 6) is -2.20. The molecule has 138 valence electrons. The normalized spacial score (nSPS) is 15.6. The Labute approximate surface area is 139 Å². The van der Waals surface area contributed by atoms with Crippen molar-refractivity contribution in [2.45, 2.75) is 31.2 Å². The first kappa shape index (κ1) is 22.2. The Kier molecular flexibility index (Phi) is 12.6. The van der Waals surface area contributed by atoms with Gasteiger partial charge in [-0.05, 0) is 12.8 Å². The van der Waals surface area contributed by atoms with Crippen molar-refractivity contribution >= 4 is 11.9 Å². The lowest BCUT2D eigenvalue weighted by atomic mass is 10.2. The van der Waals surface area contributed by atoms with E-state index in [0.29, 0.717) is 0 Å². The Morgan fingerprint density at radius 3 is 1.38 bits per heavy atom. The molecule has 24 heavy (non-hydrogen) atoms. The number of carboxylic acid groups (broad SMARTS) is 2. The topological polar surface area (TPSA) is 154 Å². The first-order valence-electron chi connectivity index (χ1n) is 7.29. The largest absolute Gasteiger partial charge is 0.478 e. The standard InChI is InChI=1S/C15H24O9/c16-11(3-1-5-14(19)20)7-23-9-13(18)10-24-8-12(17)4-2-6-15(21)22/h1-2,5-6,11-13,16-18H,3-4,7-10H2,(H,19,20)(H,21,22)/b5-1+,6-2+. The lowest BCUT2D eigenvalue weighted by Crippen LogP contribution is -2.26. The predicted molar refractivity (Wildman–Crippen MR) is 82.4 cm³/mol. The fourth-order valence-corrected chi connectivity index (χ4v) is 1.52. The van der Waals surface area contributed by atoms with Crippen LogP contribution in [-0.2, 0) is 19.1 Å². The summed E-state index contributed by atoms with van der Waals surface area (Å²) in [6.45, 7) is -0.309. The van der Waals surface area contributed by atoms with E-state index in [-0.39, 0.29) is 39.3 Å². The molecule has 0 rings (SSSR count). The highest BCUT2D eigenvalue weighted by Gasteiger charge is 2.09. The molecule has 9 nitrogen and oxygen atoms in total. The van der Waals surface area contributed by atoms with Gasteiger partial charge < -0.3 is 35.0 Å². The number of hydrogen-bond acceptors (Lipinski definition) is 7. The second-order valence-corrected chi connectivity index (χ2v) is 4.99. The van der Waals surface area contributed by atoms with Gasteiger partial charge in [-0.25, -0.2) is 9.59 Å². The summed E-state index contributed by atoms with van der Waals surface area (Å²) < 4.78 is 10.1. The minimum atomic E-state index is -1.10. The summed E-state index contributed by atoms with van der Waals surface area (Å²) in [6, 6.07) is 0. The number of aliphatic hydroxyl groups is 3. The van der Waals surface area contributed by atoms with Crippen LogP contribution in [0.1, 0.15) is 12.8 Å².